The monoisotopic (exact) mass is 577 g/mol. The molecule has 5 aromatic rings. The molecule has 11 nitrogen and oxygen atoms in total. The quantitative estimate of drug-likeness (QED) is 0.212. The van der Waals surface area contributed by atoms with Crippen LogP contribution in [-0.2, 0) is 4.74 Å². The number of benzene rings is 2. The van der Waals surface area contributed by atoms with Gasteiger partial charge in [-0.3, -0.25) is 4.57 Å². The van der Waals surface area contributed by atoms with Crippen LogP contribution in [0.5, 0.6) is 0 Å². The lowest BCUT2D eigenvalue weighted by Gasteiger charge is -2.41. The van der Waals surface area contributed by atoms with Gasteiger partial charge in [0.2, 0.25) is 0 Å². The highest BCUT2D eigenvalue weighted by molar-refractivity contribution is 7.18. The molecule has 0 aliphatic carbocycles. The first-order valence-electron chi connectivity index (χ1n) is 11.8. The number of aliphatic hydroxyl groups excluding tert-OH is 3. The standard InChI is InChI=1S/C24H19F4N7O4S/c1-9-30-14-4-11(25)16(5-18(14)40-9)34-8-29-32-24(34)23-22(38)20(21(37)17(7-36)39-23)35-6-15(31-33-35)10-2-12(26)19(28)13(27)3-10/h2-6,8,17,20-23,36-38H,7H2,1H3/t17-,20+,21+,22-,23-/m1/s1. The van der Waals surface area contributed by atoms with Crippen LogP contribution in [0, 0.1) is 30.2 Å². The van der Waals surface area contributed by atoms with E-state index in [4.69, 9.17) is 4.74 Å². The van der Waals surface area contributed by atoms with Crippen molar-refractivity contribution in [3.63, 3.8) is 0 Å². The first-order valence-corrected chi connectivity index (χ1v) is 12.6. The summed E-state index contributed by atoms with van der Waals surface area (Å²) in [4.78, 5) is 4.27. The Hall–Kier alpha value is -3.83. The molecule has 0 saturated carbocycles. The van der Waals surface area contributed by atoms with Gasteiger partial charge in [0.1, 0.15) is 48.3 Å². The van der Waals surface area contributed by atoms with E-state index < -0.39 is 60.3 Å². The number of ether oxygens (including phenoxy) is 1. The minimum atomic E-state index is -1.65. The average molecular weight is 578 g/mol. The molecule has 1 fully saturated rings. The average Bonchev–Trinajstić information content (AvgIpc) is 3.66. The van der Waals surface area contributed by atoms with Crippen LogP contribution >= 0.6 is 11.3 Å². The summed E-state index contributed by atoms with van der Waals surface area (Å²) in [5.41, 5.74) is 0.300. The van der Waals surface area contributed by atoms with E-state index in [2.05, 4.69) is 25.5 Å². The number of aliphatic hydroxyl groups is 3. The molecule has 40 heavy (non-hydrogen) atoms. The fourth-order valence-electron chi connectivity index (χ4n) is 4.75. The molecule has 2 aromatic carbocycles. The van der Waals surface area contributed by atoms with Gasteiger partial charge in [-0.1, -0.05) is 5.21 Å². The summed E-state index contributed by atoms with van der Waals surface area (Å²) in [5.74, 6) is -5.20. The van der Waals surface area contributed by atoms with Crippen LogP contribution in [0.3, 0.4) is 0 Å². The first-order chi connectivity index (χ1) is 19.2. The second-order valence-electron chi connectivity index (χ2n) is 9.15. The molecule has 0 unspecified atom stereocenters. The highest BCUT2D eigenvalue weighted by Gasteiger charge is 2.48. The van der Waals surface area contributed by atoms with E-state index in [0.717, 1.165) is 21.8 Å². The SMILES string of the molecule is Cc1nc2cc(F)c(-n3cnnc3[C@@H]3O[C@H](CO)[C@H](O)[C@H](n4cc(-c5cc(F)c(F)c(F)c5)nn4)[C@H]3O)cc2s1. The van der Waals surface area contributed by atoms with Crippen molar-refractivity contribution in [2.45, 2.75) is 37.4 Å². The highest BCUT2D eigenvalue weighted by atomic mass is 32.1. The van der Waals surface area contributed by atoms with Crippen LogP contribution in [0.4, 0.5) is 17.6 Å². The fraction of sp³-hybridized carbons (Fsp3) is 0.292. The predicted octanol–water partition coefficient (Wildman–Crippen LogP) is 2.40. The predicted molar refractivity (Wildman–Crippen MR) is 130 cm³/mol. The Labute approximate surface area is 225 Å². The Morgan fingerprint density at radius 2 is 1.75 bits per heavy atom. The van der Waals surface area contributed by atoms with Crippen LogP contribution in [0.15, 0.2) is 36.8 Å². The van der Waals surface area contributed by atoms with Gasteiger partial charge in [-0.2, -0.15) is 0 Å². The van der Waals surface area contributed by atoms with Gasteiger partial charge >= 0.3 is 0 Å². The summed E-state index contributed by atoms with van der Waals surface area (Å²) in [6, 6.07) is 2.95. The zero-order chi connectivity index (χ0) is 28.3. The number of aryl methyl sites for hydroxylation is 1. The molecule has 0 radical (unpaired) electrons. The third-order valence-electron chi connectivity index (χ3n) is 6.64. The van der Waals surface area contributed by atoms with Gasteiger partial charge in [-0.15, -0.1) is 26.6 Å². The third kappa shape index (κ3) is 4.33. The van der Waals surface area contributed by atoms with Crippen LogP contribution < -0.4 is 0 Å². The topological polar surface area (TPSA) is 144 Å². The van der Waals surface area contributed by atoms with Crippen molar-refractivity contribution in [3.8, 4) is 16.9 Å². The molecule has 5 atom stereocenters. The lowest BCUT2D eigenvalue weighted by atomic mass is 9.92. The van der Waals surface area contributed by atoms with Crippen molar-refractivity contribution in [2.24, 2.45) is 0 Å². The molecule has 6 rings (SSSR count). The Bertz CT molecular complexity index is 1700. The maximum atomic E-state index is 15.1. The van der Waals surface area contributed by atoms with Gasteiger partial charge in [0.05, 0.1) is 33.7 Å². The molecule has 208 valence electrons. The van der Waals surface area contributed by atoms with E-state index in [-0.39, 0.29) is 22.8 Å². The van der Waals surface area contributed by atoms with Crippen LogP contribution in [-0.4, -0.2) is 75.0 Å². The molecular formula is C24H19F4N7O4S. The van der Waals surface area contributed by atoms with E-state index in [1.807, 2.05) is 0 Å². The number of halogens is 4. The molecule has 3 aromatic heterocycles. The molecule has 1 aliphatic rings. The maximum absolute atomic E-state index is 15.1. The number of rotatable bonds is 5. The summed E-state index contributed by atoms with van der Waals surface area (Å²) in [5, 5.41) is 48.5. The molecule has 1 aliphatic heterocycles. The van der Waals surface area contributed by atoms with Gasteiger partial charge in [0, 0.05) is 11.6 Å². The molecule has 0 amide bonds. The lowest BCUT2D eigenvalue weighted by Crippen LogP contribution is -2.53. The Morgan fingerprint density at radius 1 is 1.00 bits per heavy atom. The minimum Gasteiger partial charge on any atom is -0.394 e. The maximum Gasteiger partial charge on any atom is 0.194 e. The fourth-order valence-corrected chi connectivity index (χ4v) is 5.59. The molecule has 16 heteroatoms. The second-order valence-corrected chi connectivity index (χ2v) is 10.4. The van der Waals surface area contributed by atoms with Gasteiger partial charge in [0.25, 0.3) is 0 Å². The zero-order valence-electron chi connectivity index (χ0n) is 20.4. The molecular weight excluding hydrogens is 558 g/mol. The Balaban J connectivity index is 1.38. The number of thiazole rings is 1. The highest BCUT2D eigenvalue weighted by Crippen LogP contribution is 2.39. The molecule has 0 spiro atoms. The van der Waals surface area contributed by atoms with Gasteiger partial charge in [-0.25, -0.2) is 27.2 Å². The van der Waals surface area contributed by atoms with E-state index >= 15 is 4.39 Å². The molecule has 4 heterocycles. The Kier molecular flexibility index (Phi) is 6.58. The van der Waals surface area contributed by atoms with Gasteiger partial charge in [0.15, 0.2) is 23.3 Å². The number of hydrogen-bond acceptors (Lipinski definition) is 10. The zero-order valence-corrected chi connectivity index (χ0v) is 21.2. The van der Waals surface area contributed by atoms with E-state index in [1.165, 1.54) is 34.5 Å². The van der Waals surface area contributed by atoms with E-state index in [0.29, 0.717) is 10.2 Å². The van der Waals surface area contributed by atoms with Crippen LogP contribution in [0.1, 0.15) is 23.0 Å². The number of fused-ring (bicyclic) bond motifs is 1. The third-order valence-corrected chi connectivity index (χ3v) is 7.57. The Morgan fingerprint density at radius 3 is 2.48 bits per heavy atom. The molecule has 0 bridgehead atoms. The summed E-state index contributed by atoms with van der Waals surface area (Å²) in [7, 11) is 0. The summed E-state index contributed by atoms with van der Waals surface area (Å²) >= 11 is 1.35. The normalized spacial score (nSPS) is 23.2. The second kappa shape index (κ2) is 9.97. The number of hydrogen-bond donors (Lipinski definition) is 3. The summed E-state index contributed by atoms with van der Waals surface area (Å²) < 4.78 is 64.9. The summed E-state index contributed by atoms with van der Waals surface area (Å²) in [6.07, 6.45) is -3.33. The first kappa shape index (κ1) is 26.4. The van der Waals surface area contributed by atoms with Gasteiger partial charge < -0.3 is 20.1 Å². The van der Waals surface area contributed by atoms with Crippen molar-refractivity contribution >= 4 is 21.6 Å². The number of nitrogens with zero attached hydrogens (tertiary/aromatic N) is 7. The van der Waals surface area contributed by atoms with Crippen molar-refractivity contribution in [1.82, 2.24) is 34.7 Å². The van der Waals surface area contributed by atoms with E-state index in [1.54, 1.807) is 13.0 Å². The molecule has 1 saturated heterocycles. The van der Waals surface area contributed by atoms with Crippen molar-refractivity contribution in [2.75, 3.05) is 6.61 Å². The van der Waals surface area contributed by atoms with Crippen molar-refractivity contribution in [3.05, 3.63) is 70.9 Å². The lowest BCUT2D eigenvalue weighted by molar-refractivity contribution is -0.210. The number of aromatic nitrogens is 7. The van der Waals surface area contributed by atoms with Gasteiger partial charge in [-0.05, 0) is 25.1 Å². The van der Waals surface area contributed by atoms with Crippen molar-refractivity contribution < 1.29 is 37.6 Å². The van der Waals surface area contributed by atoms with E-state index in [9.17, 15) is 28.5 Å². The van der Waals surface area contributed by atoms with Crippen molar-refractivity contribution in [1.29, 1.82) is 0 Å². The minimum absolute atomic E-state index is 0.0367. The largest absolute Gasteiger partial charge is 0.394 e. The van der Waals surface area contributed by atoms with Crippen LogP contribution in [0.2, 0.25) is 0 Å². The van der Waals surface area contributed by atoms with Crippen LogP contribution in [0.25, 0.3) is 27.2 Å². The molecule has 3 N–H and O–H groups in total. The summed E-state index contributed by atoms with van der Waals surface area (Å²) in [6.45, 7) is 1.11. The smallest absolute Gasteiger partial charge is 0.194 e.